The van der Waals surface area contributed by atoms with Gasteiger partial charge in [0.2, 0.25) is 0 Å². The maximum Gasteiger partial charge on any atom is 0.343 e. The van der Waals surface area contributed by atoms with Gasteiger partial charge in [-0.25, -0.2) is 14.6 Å². The van der Waals surface area contributed by atoms with Crippen molar-refractivity contribution in [1.29, 1.82) is 0 Å². The second kappa shape index (κ2) is 17.9. The Labute approximate surface area is 278 Å². The average Bonchev–Trinajstić information content (AvgIpc) is 3.70. The first-order valence-corrected chi connectivity index (χ1v) is 14.9. The Morgan fingerprint density at radius 3 is 1.83 bits per heavy atom. The first-order valence-electron chi connectivity index (χ1n) is 14.9. The zero-order valence-corrected chi connectivity index (χ0v) is 26.6. The standard InChI is InChI=1S/C35H34O10.CH2O.H2O/c1-23-3-9-26(10-4-23)35(36)43-29-17-15-28(16-18-29)42-31-21-38-34-32(22-39-33(31)34)45-41-20-25-7-13-30(14-8-25)44-40-19-24-5-11-27(37-2)12-6-24;1-2;/h3-18,31-34H,19-22H2,1-2H3;1H2;1H2. The monoisotopic (exact) mass is 662 g/mol. The number of fused-ring (bicyclic) bond motifs is 1. The molecule has 0 amide bonds. The van der Waals surface area contributed by atoms with Crippen molar-refractivity contribution in [3.05, 3.63) is 119 Å². The van der Waals surface area contributed by atoms with Crippen molar-refractivity contribution in [2.75, 3.05) is 20.3 Å². The number of hydrogen-bond donors (Lipinski definition) is 0. The van der Waals surface area contributed by atoms with E-state index in [1.54, 1.807) is 55.6 Å². The third kappa shape index (κ3) is 9.61. The number of carbonyl (C=O) groups excluding carboxylic acids is 2. The average molecular weight is 663 g/mol. The fraction of sp³-hybridized carbons (Fsp3) is 0.278. The number of benzene rings is 4. The molecule has 2 heterocycles. The topological polar surface area (TPSA) is 149 Å². The van der Waals surface area contributed by atoms with Gasteiger partial charge in [-0.1, -0.05) is 42.0 Å². The number of esters is 1. The summed E-state index contributed by atoms with van der Waals surface area (Å²) >= 11 is 0. The molecule has 4 atom stereocenters. The summed E-state index contributed by atoms with van der Waals surface area (Å²) in [6, 6.07) is 29.0. The molecule has 0 radical (unpaired) electrons. The summed E-state index contributed by atoms with van der Waals surface area (Å²) < 4.78 is 28.7. The summed E-state index contributed by atoms with van der Waals surface area (Å²) in [5.41, 5.74) is 3.43. The lowest BCUT2D eigenvalue weighted by atomic mass is 10.1. The van der Waals surface area contributed by atoms with Crippen LogP contribution in [0.1, 0.15) is 27.0 Å². The lowest BCUT2D eigenvalue weighted by molar-refractivity contribution is -0.341. The number of aryl methyl sites for hydroxylation is 1. The Hall–Kier alpha value is -4.82. The lowest BCUT2D eigenvalue weighted by Gasteiger charge is -2.18. The van der Waals surface area contributed by atoms with Gasteiger partial charge in [-0.05, 0) is 78.7 Å². The molecule has 4 aromatic carbocycles. The van der Waals surface area contributed by atoms with Gasteiger partial charge in [-0.3, -0.25) is 0 Å². The highest BCUT2D eigenvalue weighted by Crippen LogP contribution is 2.32. The zero-order valence-electron chi connectivity index (χ0n) is 26.6. The third-order valence-corrected chi connectivity index (χ3v) is 7.45. The fourth-order valence-corrected chi connectivity index (χ4v) is 4.95. The van der Waals surface area contributed by atoms with Gasteiger partial charge in [0.05, 0.1) is 25.9 Å². The van der Waals surface area contributed by atoms with E-state index >= 15 is 0 Å². The molecule has 2 aliphatic rings. The third-order valence-electron chi connectivity index (χ3n) is 7.45. The molecule has 12 nitrogen and oxygen atoms in total. The maximum absolute atomic E-state index is 12.4. The molecule has 254 valence electrons. The molecule has 2 fully saturated rings. The van der Waals surface area contributed by atoms with E-state index in [1.165, 1.54) is 0 Å². The first kappa shape index (κ1) is 36.0. The molecule has 2 N–H and O–H groups in total. The highest BCUT2D eigenvalue weighted by Gasteiger charge is 2.50. The molecule has 0 saturated carbocycles. The minimum atomic E-state index is -0.416. The number of methoxy groups -OCH3 is 1. The van der Waals surface area contributed by atoms with E-state index in [1.807, 2.05) is 62.2 Å². The molecule has 12 heteroatoms. The molecular weight excluding hydrogens is 624 g/mol. The number of ether oxygens (including phenoxy) is 5. The molecule has 0 aromatic heterocycles. The van der Waals surface area contributed by atoms with Crippen LogP contribution in [0.25, 0.3) is 0 Å². The fourth-order valence-electron chi connectivity index (χ4n) is 4.95. The van der Waals surface area contributed by atoms with Crippen LogP contribution < -0.4 is 19.1 Å². The number of rotatable bonds is 13. The van der Waals surface area contributed by atoms with E-state index < -0.39 is 5.97 Å². The second-order valence-electron chi connectivity index (χ2n) is 10.7. The summed E-state index contributed by atoms with van der Waals surface area (Å²) in [5.74, 6) is 1.98. The Kier molecular flexibility index (Phi) is 13.4. The maximum atomic E-state index is 12.4. The Morgan fingerprint density at radius 1 is 0.688 bits per heavy atom. The minimum absolute atomic E-state index is 0. The predicted molar refractivity (Wildman–Crippen MR) is 172 cm³/mol. The normalized spacial score (nSPS) is 19.2. The summed E-state index contributed by atoms with van der Waals surface area (Å²) in [4.78, 5) is 42.3. The predicted octanol–water partition coefficient (Wildman–Crippen LogP) is 4.79. The smallest absolute Gasteiger partial charge is 0.343 e. The Morgan fingerprint density at radius 2 is 1.21 bits per heavy atom. The van der Waals surface area contributed by atoms with Crippen LogP contribution in [0.3, 0.4) is 0 Å². The van der Waals surface area contributed by atoms with Gasteiger partial charge in [-0.15, -0.1) is 0 Å². The summed E-state index contributed by atoms with van der Waals surface area (Å²) in [7, 11) is 1.63. The van der Waals surface area contributed by atoms with E-state index in [4.69, 9.17) is 48.0 Å². The van der Waals surface area contributed by atoms with Gasteiger partial charge in [0.1, 0.15) is 55.6 Å². The summed E-state index contributed by atoms with van der Waals surface area (Å²) in [5, 5.41) is 0. The van der Waals surface area contributed by atoms with Crippen LogP contribution in [0.2, 0.25) is 0 Å². The van der Waals surface area contributed by atoms with Crippen LogP contribution in [0, 0.1) is 6.92 Å². The molecule has 2 saturated heterocycles. The van der Waals surface area contributed by atoms with Crippen molar-refractivity contribution in [1.82, 2.24) is 0 Å². The molecule has 0 bridgehead atoms. The van der Waals surface area contributed by atoms with Crippen LogP contribution in [-0.4, -0.2) is 63.0 Å². The second-order valence-corrected chi connectivity index (χ2v) is 10.7. The molecule has 4 aromatic rings. The van der Waals surface area contributed by atoms with Crippen molar-refractivity contribution < 1.29 is 58.3 Å². The Balaban J connectivity index is 0.00000170. The Bertz CT molecular complexity index is 1540. The van der Waals surface area contributed by atoms with Gasteiger partial charge >= 0.3 is 5.97 Å². The van der Waals surface area contributed by atoms with Gasteiger partial charge in [-0.2, -0.15) is 4.89 Å². The van der Waals surface area contributed by atoms with Crippen LogP contribution >= 0.6 is 0 Å². The lowest BCUT2D eigenvalue weighted by Crippen LogP contribution is -2.35. The SMILES string of the molecule is C=O.COc1ccc(COOc2ccc(COOC3COC4C(Oc5ccc(OC(=O)c6ccc(C)cc6)cc5)COC34)cc2)cc1.O. The summed E-state index contributed by atoms with van der Waals surface area (Å²) in [6.45, 7) is 5.18. The van der Waals surface area contributed by atoms with Crippen LogP contribution in [0.4, 0.5) is 0 Å². The first-order chi connectivity index (χ1) is 23.0. The van der Waals surface area contributed by atoms with Crippen molar-refractivity contribution in [3.8, 4) is 23.0 Å². The molecule has 6 rings (SSSR count). The van der Waals surface area contributed by atoms with Crippen LogP contribution in [0.15, 0.2) is 97.1 Å². The van der Waals surface area contributed by atoms with E-state index in [9.17, 15) is 4.79 Å². The van der Waals surface area contributed by atoms with E-state index in [-0.39, 0.29) is 36.5 Å². The number of carbonyl (C=O) groups is 2. The van der Waals surface area contributed by atoms with E-state index in [0.717, 1.165) is 22.4 Å². The number of hydrogen-bond acceptors (Lipinski definition) is 11. The van der Waals surface area contributed by atoms with Crippen LogP contribution in [0.5, 0.6) is 23.0 Å². The molecule has 2 aliphatic heterocycles. The largest absolute Gasteiger partial charge is 0.497 e. The zero-order chi connectivity index (χ0) is 33.0. The van der Waals surface area contributed by atoms with Gasteiger partial charge in [0.25, 0.3) is 0 Å². The minimum Gasteiger partial charge on any atom is -0.497 e. The van der Waals surface area contributed by atoms with Crippen molar-refractivity contribution >= 4 is 12.8 Å². The molecular formula is C36H38O12. The van der Waals surface area contributed by atoms with Crippen molar-refractivity contribution in [2.24, 2.45) is 0 Å². The molecule has 4 unspecified atom stereocenters. The summed E-state index contributed by atoms with van der Waals surface area (Å²) in [6.07, 6.45) is -1.32. The van der Waals surface area contributed by atoms with Gasteiger partial charge in [0.15, 0.2) is 11.9 Å². The molecule has 0 aliphatic carbocycles. The van der Waals surface area contributed by atoms with Crippen LogP contribution in [-0.2, 0) is 42.1 Å². The van der Waals surface area contributed by atoms with Gasteiger partial charge in [0, 0.05) is 0 Å². The van der Waals surface area contributed by atoms with Crippen molar-refractivity contribution in [2.45, 2.75) is 44.6 Å². The highest BCUT2D eigenvalue weighted by molar-refractivity contribution is 5.91. The van der Waals surface area contributed by atoms with Gasteiger partial charge < -0.3 is 38.8 Å². The quantitative estimate of drug-likeness (QED) is 0.0842. The van der Waals surface area contributed by atoms with E-state index in [0.29, 0.717) is 42.6 Å². The molecule has 48 heavy (non-hydrogen) atoms. The van der Waals surface area contributed by atoms with Crippen molar-refractivity contribution in [3.63, 3.8) is 0 Å². The molecule has 0 spiro atoms. The van der Waals surface area contributed by atoms with E-state index in [2.05, 4.69) is 0 Å². The highest BCUT2D eigenvalue weighted by atomic mass is 17.2.